The molecular formula is C8H11ClN2. The summed E-state index contributed by atoms with van der Waals surface area (Å²) in [6.07, 6.45) is 2.80. The van der Waals surface area contributed by atoms with Gasteiger partial charge in [0.25, 0.3) is 0 Å². The number of pyridine rings is 1. The van der Waals surface area contributed by atoms with E-state index in [1.807, 2.05) is 12.1 Å². The molecule has 0 aliphatic heterocycles. The van der Waals surface area contributed by atoms with Crippen molar-refractivity contribution < 1.29 is 0 Å². The van der Waals surface area contributed by atoms with Crippen LogP contribution < -0.4 is 5.32 Å². The highest BCUT2D eigenvalue weighted by atomic mass is 35.5. The van der Waals surface area contributed by atoms with Crippen LogP contribution in [0, 0.1) is 0 Å². The molecule has 0 saturated carbocycles. The third-order valence-corrected chi connectivity index (χ3v) is 1.61. The average molecular weight is 171 g/mol. The first-order valence-corrected chi connectivity index (χ1v) is 4.06. The van der Waals surface area contributed by atoms with E-state index in [0.29, 0.717) is 5.02 Å². The van der Waals surface area contributed by atoms with E-state index in [0.717, 1.165) is 18.8 Å². The fourth-order valence-electron chi connectivity index (χ4n) is 0.759. The minimum atomic E-state index is 0.681. The molecule has 0 aliphatic carbocycles. The van der Waals surface area contributed by atoms with Crippen molar-refractivity contribution in [3.63, 3.8) is 0 Å². The summed E-state index contributed by atoms with van der Waals surface area (Å²) >= 11 is 5.83. The second-order valence-corrected chi connectivity index (χ2v) is 2.67. The van der Waals surface area contributed by atoms with E-state index in [-0.39, 0.29) is 0 Å². The van der Waals surface area contributed by atoms with Crippen LogP contribution in [0.2, 0.25) is 5.02 Å². The molecular weight excluding hydrogens is 160 g/mol. The average Bonchev–Trinajstić information content (AvgIpc) is 2.03. The SMILES string of the molecule is CCCNc1ncccc1Cl. The molecule has 1 heterocycles. The van der Waals surface area contributed by atoms with Crippen molar-refractivity contribution in [2.75, 3.05) is 11.9 Å². The minimum Gasteiger partial charge on any atom is -0.369 e. The fourth-order valence-corrected chi connectivity index (χ4v) is 0.948. The molecule has 1 N–H and O–H groups in total. The van der Waals surface area contributed by atoms with Crippen molar-refractivity contribution in [3.8, 4) is 0 Å². The normalized spacial score (nSPS) is 9.64. The van der Waals surface area contributed by atoms with Gasteiger partial charge >= 0.3 is 0 Å². The summed E-state index contributed by atoms with van der Waals surface area (Å²) in [7, 11) is 0. The molecule has 0 aromatic carbocycles. The number of nitrogens with one attached hydrogen (secondary N) is 1. The largest absolute Gasteiger partial charge is 0.369 e. The highest BCUT2D eigenvalue weighted by Gasteiger charge is 1.96. The minimum absolute atomic E-state index is 0.681. The Morgan fingerprint density at radius 2 is 2.45 bits per heavy atom. The Balaban J connectivity index is 2.62. The second kappa shape index (κ2) is 4.19. The standard InChI is InChI=1S/C8H11ClN2/c1-2-5-10-8-7(9)4-3-6-11-8/h3-4,6H,2,5H2,1H3,(H,10,11). The predicted molar refractivity (Wildman–Crippen MR) is 48.0 cm³/mol. The third kappa shape index (κ3) is 2.39. The van der Waals surface area contributed by atoms with E-state index in [4.69, 9.17) is 11.6 Å². The van der Waals surface area contributed by atoms with Crippen LogP contribution in [0.15, 0.2) is 18.3 Å². The second-order valence-electron chi connectivity index (χ2n) is 2.26. The Labute approximate surface area is 71.6 Å². The number of hydrogen-bond donors (Lipinski definition) is 1. The first-order chi connectivity index (χ1) is 5.34. The lowest BCUT2D eigenvalue weighted by Gasteiger charge is -2.03. The van der Waals surface area contributed by atoms with Crippen molar-refractivity contribution in [3.05, 3.63) is 23.4 Å². The van der Waals surface area contributed by atoms with Gasteiger partial charge in [0.1, 0.15) is 5.82 Å². The van der Waals surface area contributed by atoms with Gasteiger partial charge in [0.15, 0.2) is 0 Å². The van der Waals surface area contributed by atoms with Crippen LogP contribution in [0.1, 0.15) is 13.3 Å². The molecule has 1 rings (SSSR count). The Kier molecular flexibility index (Phi) is 3.17. The quantitative estimate of drug-likeness (QED) is 0.754. The maximum Gasteiger partial charge on any atom is 0.144 e. The molecule has 0 fully saturated rings. The monoisotopic (exact) mass is 170 g/mol. The maximum absolute atomic E-state index is 5.83. The molecule has 0 unspecified atom stereocenters. The van der Waals surface area contributed by atoms with Gasteiger partial charge in [-0.25, -0.2) is 4.98 Å². The van der Waals surface area contributed by atoms with E-state index in [2.05, 4.69) is 17.2 Å². The first kappa shape index (κ1) is 8.34. The smallest absolute Gasteiger partial charge is 0.144 e. The van der Waals surface area contributed by atoms with E-state index in [1.54, 1.807) is 6.20 Å². The Hall–Kier alpha value is -0.760. The van der Waals surface area contributed by atoms with E-state index < -0.39 is 0 Å². The number of nitrogens with zero attached hydrogens (tertiary/aromatic N) is 1. The van der Waals surface area contributed by atoms with Crippen LogP contribution in [0.4, 0.5) is 5.82 Å². The van der Waals surface area contributed by atoms with Crippen LogP contribution in [0.25, 0.3) is 0 Å². The molecule has 1 aromatic rings. The molecule has 0 bridgehead atoms. The van der Waals surface area contributed by atoms with Gasteiger partial charge in [-0.1, -0.05) is 18.5 Å². The number of aromatic nitrogens is 1. The summed E-state index contributed by atoms with van der Waals surface area (Å²) in [6.45, 7) is 3.01. The number of hydrogen-bond acceptors (Lipinski definition) is 2. The molecule has 0 aliphatic rings. The van der Waals surface area contributed by atoms with Gasteiger partial charge in [0.05, 0.1) is 5.02 Å². The van der Waals surface area contributed by atoms with Gasteiger partial charge in [0, 0.05) is 12.7 Å². The van der Waals surface area contributed by atoms with Gasteiger partial charge in [-0.3, -0.25) is 0 Å². The van der Waals surface area contributed by atoms with Crippen molar-refractivity contribution in [1.82, 2.24) is 4.98 Å². The van der Waals surface area contributed by atoms with Gasteiger partial charge in [-0.05, 0) is 18.6 Å². The van der Waals surface area contributed by atoms with E-state index in [9.17, 15) is 0 Å². The lowest BCUT2D eigenvalue weighted by Crippen LogP contribution is -2.01. The third-order valence-electron chi connectivity index (χ3n) is 1.30. The summed E-state index contributed by atoms with van der Waals surface area (Å²) in [5.74, 6) is 0.774. The zero-order chi connectivity index (χ0) is 8.10. The highest BCUT2D eigenvalue weighted by molar-refractivity contribution is 6.32. The molecule has 2 nitrogen and oxygen atoms in total. The van der Waals surface area contributed by atoms with Crippen molar-refractivity contribution in [2.24, 2.45) is 0 Å². The van der Waals surface area contributed by atoms with Crippen LogP contribution in [0.5, 0.6) is 0 Å². The van der Waals surface area contributed by atoms with E-state index >= 15 is 0 Å². The molecule has 1 aromatic heterocycles. The Morgan fingerprint density at radius 3 is 3.09 bits per heavy atom. The summed E-state index contributed by atoms with van der Waals surface area (Å²) in [4.78, 5) is 4.07. The van der Waals surface area contributed by atoms with Crippen molar-refractivity contribution in [1.29, 1.82) is 0 Å². The predicted octanol–water partition coefficient (Wildman–Crippen LogP) is 2.56. The van der Waals surface area contributed by atoms with E-state index in [1.165, 1.54) is 0 Å². The maximum atomic E-state index is 5.83. The summed E-state index contributed by atoms with van der Waals surface area (Å²) in [5.41, 5.74) is 0. The van der Waals surface area contributed by atoms with Gasteiger partial charge in [-0.2, -0.15) is 0 Å². The topological polar surface area (TPSA) is 24.9 Å². The van der Waals surface area contributed by atoms with Crippen LogP contribution in [-0.2, 0) is 0 Å². The number of anilines is 1. The molecule has 0 atom stereocenters. The molecule has 0 amide bonds. The van der Waals surface area contributed by atoms with Gasteiger partial charge < -0.3 is 5.32 Å². The lowest BCUT2D eigenvalue weighted by molar-refractivity contribution is 0.969. The van der Waals surface area contributed by atoms with Crippen LogP contribution in [0.3, 0.4) is 0 Å². The van der Waals surface area contributed by atoms with Gasteiger partial charge in [0.2, 0.25) is 0 Å². The molecule has 60 valence electrons. The molecule has 0 saturated heterocycles. The summed E-state index contributed by atoms with van der Waals surface area (Å²) in [5, 5.41) is 3.80. The first-order valence-electron chi connectivity index (χ1n) is 3.69. The zero-order valence-corrected chi connectivity index (χ0v) is 7.23. The number of halogens is 1. The Bertz CT molecular complexity index is 225. The zero-order valence-electron chi connectivity index (χ0n) is 6.47. The summed E-state index contributed by atoms with van der Waals surface area (Å²) in [6, 6.07) is 3.64. The van der Waals surface area contributed by atoms with Crippen molar-refractivity contribution in [2.45, 2.75) is 13.3 Å². The van der Waals surface area contributed by atoms with Crippen LogP contribution >= 0.6 is 11.6 Å². The van der Waals surface area contributed by atoms with Crippen molar-refractivity contribution >= 4 is 17.4 Å². The van der Waals surface area contributed by atoms with Crippen LogP contribution in [-0.4, -0.2) is 11.5 Å². The Morgan fingerprint density at radius 1 is 1.64 bits per heavy atom. The molecule has 0 spiro atoms. The lowest BCUT2D eigenvalue weighted by atomic mass is 10.4. The summed E-state index contributed by atoms with van der Waals surface area (Å²) < 4.78 is 0. The highest BCUT2D eigenvalue weighted by Crippen LogP contribution is 2.16. The molecule has 0 radical (unpaired) electrons. The fraction of sp³-hybridized carbons (Fsp3) is 0.375. The number of rotatable bonds is 3. The molecule has 3 heteroatoms. The molecule has 11 heavy (non-hydrogen) atoms. The van der Waals surface area contributed by atoms with Gasteiger partial charge in [-0.15, -0.1) is 0 Å².